The quantitative estimate of drug-likeness (QED) is 0.638. The molecule has 0 spiro atoms. The molecule has 0 saturated heterocycles. The van der Waals surface area contributed by atoms with Gasteiger partial charge in [-0.2, -0.15) is 0 Å². The van der Waals surface area contributed by atoms with Crippen LogP contribution in [0.5, 0.6) is 11.5 Å². The number of carbonyl (C=O) groups is 2. The summed E-state index contributed by atoms with van der Waals surface area (Å²) >= 11 is 0. The number of carbonyl (C=O) groups excluding carboxylic acids is 2. The van der Waals surface area contributed by atoms with Crippen molar-refractivity contribution in [2.75, 3.05) is 6.79 Å². The molecule has 156 valence electrons. The predicted octanol–water partition coefficient (Wildman–Crippen LogP) is 4.45. The average molecular weight is 392 g/mol. The van der Waals surface area contributed by atoms with Gasteiger partial charge >= 0.3 is 11.9 Å². The summed E-state index contributed by atoms with van der Waals surface area (Å²) in [5.41, 5.74) is 0.454. The lowest BCUT2D eigenvalue weighted by Crippen LogP contribution is -2.31. The van der Waals surface area contributed by atoms with E-state index in [-0.39, 0.29) is 31.2 Å². The van der Waals surface area contributed by atoms with Gasteiger partial charge in [0.2, 0.25) is 6.79 Å². The lowest BCUT2D eigenvalue weighted by Gasteiger charge is -2.29. The molecule has 28 heavy (non-hydrogen) atoms. The number of hydrogen-bond acceptors (Lipinski definition) is 6. The van der Waals surface area contributed by atoms with E-state index in [2.05, 4.69) is 13.8 Å². The van der Waals surface area contributed by atoms with Gasteiger partial charge in [0, 0.05) is 5.92 Å². The standard InChI is InChI=1S/C22H32O6/c1-13(2)20(16-8-9-17-18(11-16)26-12-25-17)15(4)27-21(24)14(3)10-19(23)28-22(5,6)7/h8-9,11,13-15,20H,10,12H2,1-7H3/t14-,15+,20-/m1/s1. The van der Waals surface area contributed by atoms with Crippen LogP contribution in [-0.2, 0) is 19.1 Å². The maximum atomic E-state index is 12.5. The molecule has 1 heterocycles. The molecule has 3 atom stereocenters. The van der Waals surface area contributed by atoms with Gasteiger partial charge in [-0.25, -0.2) is 0 Å². The van der Waals surface area contributed by atoms with Gasteiger partial charge in [-0.05, 0) is 51.3 Å². The average Bonchev–Trinajstić information content (AvgIpc) is 3.00. The van der Waals surface area contributed by atoms with Crippen molar-refractivity contribution in [2.45, 2.75) is 72.5 Å². The van der Waals surface area contributed by atoms with Gasteiger partial charge in [-0.1, -0.05) is 26.8 Å². The molecule has 0 bridgehead atoms. The fourth-order valence-corrected chi connectivity index (χ4v) is 3.41. The Bertz CT molecular complexity index is 703. The summed E-state index contributed by atoms with van der Waals surface area (Å²) in [6, 6.07) is 5.81. The normalized spacial score (nSPS) is 16.4. The van der Waals surface area contributed by atoms with Crippen molar-refractivity contribution < 1.29 is 28.5 Å². The smallest absolute Gasteiger partial charge is 0.309 e. The number of esters is 2. The van der Waals surface area contributed by atoms with Crippen molar-refractivity contribution in [3.8, 4) is 11.5 Å². The van der Waals surface area contributed by atoms with Crippen molar-refractivity contribution in [3.63, 3.8) is 0 Å². The zero-order valence-electron chi connectivity index (χ0n) is 17.9. The number of benzene rings is 1. The first kappa shape index (κ1) is 22.1. The number of hydrogen-bond donors (Lipinski definition) is 0. The van der Waals surface area contributed by atoms with Crippen LogP contribution in [0, 0.1) is 11.8 Å². The van der Waals surface area contributed by atoms with Crippen LogP contribution in [0.3, 0.4) is 0 Å². The van der Waals surface area contributed by atoms with Crippen LogP contribution in [-0.4, -0.2) is 30.4 Å². The molecule has 2 rings (SSSR count). The topological polar surface area (TPSA) is 71.1 Å². The molecule has 0 saturated carbocycles. The molecule has 0 aromatic heterocycles. The van der Waals surface area contributed by atoms with Gasteiger partial charge in [0.25, 0.3) is 0 Å². The minimum Gasteiger partial charge on any atom is -0.462 e. The molecule has 0 amide bonds. The van der Waals surface area contributed by atoms with Gasteiger partial charge < -0.3 is 18.9 Å². The maximum Gasteiger partial charge on any atom is 0.309 e. The largest absolute Gasteiger partial charge is 0.462 e. The van der Waals surface area contributed by atoms with E-state index in [1.54, 1.807) is 27.7 Å². The highest BCUT2D eigenvalue weighted by atomic mass is 16.7. The van der Waals surface area contributed by atoms with Crippen LogP contribution in [0.15, 0.2) is 18.2 Å². The molecule has 1 aliphatic rings. The first-order valence-electron chi connectivity index (χ1n) is 9.80. The zero-order chi connectivity index (χ0) is 21.1. The minimum absolute atomic E-state index is 0.000801. The van der Waals surface area contributed by atoms with Crippen molar-refractivity contribution in [2.24, 2.45) is 11.8 Å². The minimum atomic E-state index is -0.573. The molecule has 0 N–H and O–H groups in total. The predicted molar refractivity (Wildman–Crippen MR) is 105 cm³/mol. The van der Waals surface area contributed by atoms with Gasteiger partial charge in [-0.3, -0.25) is 9.59 Å². The highest BCUT2D eigenvalue weighted by molar-refractivity contribution is 5.80. The van der Waals surface area contributed by atoms with Gasteiger partial charge in [0.05, 0.1) is 12.3 Å². The molecular formula is C22H32O6. The first-order valence-corrected chi connectivity index (χ1v) is 9.80. The lowest BCUT2D eigenvalue weighted by molar-refractivity contribution is -0.163. The Morgan fingerprint density at radius 3 is 2.32 bits per heavy atom. The first-order chi connectivity index (χ1) is 13.0. The van der Waals surface area contributed by atoms with Crippen molar-refractivity contribution in [3.05, 3.63) is 23.8 Å². The molecule has 0 aliphatic carbocycles. The van der Waals surface area contributed by atoms with Gasteiger partial charge in [0.15, 0.2) is 11.5 Å². The second kappa shape index (κ2) is 8.84. The van der Waals surface area contributed by atoms with Crippen LogP contribution >= 0.6 is 0 Å². The summed E-state index contributed by atoms with van der Waals surface area (Å²) in [6.07, 6.45) is -0.354. The van der Waals surface area contributed by atoms with E-state index in [0.717, 1.165) is 11.3 Å². The molecule has 0 unspecified atom stereocenters. The van der Waals surface area contributed by atoms with Crippen molar-refractivity contribution in [1.29, 1.82) is 0 Å². The Morgan fingerprint density at radius 2 is 1.71 bits per heavy atom. The fraction of sp³-hybridized carbons (Fsp3) is 0.636. The molecule has 0 radical (unpaired) electrons. The summed E-state index contributed by atoms with van der Waals surface area (Å²) in [7, 11) is 0. The summed E-state index contributed by atoms with van der Waals surface area (Å²) in [5.74, 6) is 0.297. The lowest BCUT2D eigenvalue weighted by atomic mass is 9.84. The summed E-state index contributed by atoms with van der Waals surface area (Å²) < 4.78 is 21.9. The van der Waals surface area contributed by atoms with Gasteiger partial charge in [0.1, 0.15) is 11.7 Å². The SMILES string of the molecule is CC(C)[C@@H](c1ccc2c(c1)OCO2)[C@H](C)OC(=O)[C@H](C)CC(=O)OC(C)(C)C. The van der Waals surface area contributed by atoms with Crippen LogP contribution < -0.4 is 9.47 Å². The molecular weight excluding hydrogens is 360 g/mol. The van der Waals surface area contributed by atoms with E-state index in [9.17, 15) is 9.59 Å². The Balaban J connectivity index is 2.02. The third-order valence-electron chi connectivity index (χ3n) is 4.60. The van der Waals surface area contributed by atoms with E-state index in [1.165, 1.54) is 0 Å². The Labute approximate surface area is 167 Å². The van der Waals surface area contributed by atoms with Crippen LogP contribution in [0.2, 0.25) is 0 Å². The Hall–Kier alpha value is -2.24. The Morgan fingerprint density at radius 1 is 1.07 bits per heavy atom. The fourth-order valence-electron chi connectivity index (χ4n) is 3.41. The summed E-state index contributed by atoms with van der Waals surface area (Å²) in [6.45, 7) is 13.4. The van der Waals surface area contributed by atoms with E-state index >= 15 is 0 Å². The van der Waals surface area contributed by atoms with Crippen LogP contribution in [0.1, 0.15) is 66.4 Å². The molecule has 1 aromatic carbocycles. The van der Waals surface area contributed by atoms with Crippen LogP contribution in [0.25, 0.3) is 0 Å². The van der Waals surface area contributed by atoms with E-state index in [0.29, 0.717) is 5.75 Å². The molecule has 1 aliphatic heterocycles. The van der Waals surface area contributed by atoms with Gasteiger partial charge in [-0.15, -0.1) is 0 Å². The van der Waals surface area contributed by atoms with Crippen molar-refractivity contribution >= 4 is 11.9 Å². The second-order valence-electron chi connectivity index (χ2n) is 8.72. The van der Waals surface area contributed by atoms with E-state index in [1.807, 2.05) is 25.1 Å². The number of rotatable bonds is 7. The third-order valence-corrected chi connectivity index (χ3v) is 4.60. The molecule has 0 fully saturated rings. The number of fused-ring (bicyclic) bond motifs is 1. The molecule has 6 heteroatoms. The highest BCUT2D eigenvalue weighted by Crippen LogP contribution is 2.38. The second-order valence-corrected chi connectivity index (χ2v) is 8.72. The third kappa shape index (κ3) is 5.88. The monoisotopic (exact) mass is 392 g/mol. The van der Waals surface area contributed by atoms with Crippen molar-refractivity contribution in [1.82, 2.24) is 0 Å². The Kier molecular flexibility index (Phi) is 6.96. The maximum absolute atomic E-state index is 12.5. The summed E-state index contributed by atoms with van der Waals surface area (Å²) in [4.78, 5) is 24.5. The zero-order valence-corrected chi connectivity index (χ0v) is 17.9. The number of ether oxygens (including phenoxy) is 4. The van der Waals surface area contributed by atoms with E-state index < -0.39 is 23.5 Å². The highest BCUT2D eigenvalue weighted by Gasteiger charge is 2.30. The van der Waals surface area contributed by atoms with E-state index in [4.69, 9.17) is 18.9 Å². The van der Waals surface area contributed by atoms with Crippen LogP contribution in [0.4, 0.5) is 0 Å². The molecule has 1 aromatic rings. The summed E-state index contributed by atoms with van der Waals surface area (Å²) in [5, 5.41) is 0. The molecule has 6 nitrogen and oxygen atoms in total.